The molecule has 1 saturated heterocycles. The summed E-state index contributed by atoms with van der Waals surface area (Å²) in [5.74, 6) is 0.904. The van der Waals surface area contributed by atoms with Crippen molar-refractivity contribution in [1.29, 1.82) is 0 Å². The van der Waals surface area contributed by atoms with E-state index in [0.29, 0.717) is 12.5 Å². The van der Waals surface area contributed by atoms with E-state index >= 15 is 0 Å². The summed E-state index contributed by atoms with van der Waals surface area (Å²) < 4.78 is 11.2. The first-order valence-electron chi connectivity index (χ1n) is 14.4. The maximum Gasteiger partial charge on any atom is 0.410 e. The Hall–Kier alpha value is -2.12. The van der Waals surface area contributed by atoms with Crippen LogP contribution in [-0.4, -0.2) is 54.0 Å². The van der Waals surface area contributed by atoms with Gasteiger partial charge in [-0.2, -0.15) is 0 Å². The largest absolute Gasteiger partial charge is 0.442 e. The van der Waals surface area contributed by atoms with Gasteiger partial charge in [0.25, 0.3) is 0 Å². The second-order valence-corrected chi connectivity index (χ2v) is 12.8. The lowest BCUT2D eigenvalue weighted by molar-refractivity contribution is -0.178. The van der Waals surface area contributed by atoms with Crippen molar-refractivity contribution in [3.05, 3.63) is 46.0 Å². The van der Waals surface area contributed by atoms with Crippen LogP contribution in [0, 0.1) is 22.7 Å². The Morgan fingerprint density at radius 2 is 1.95 bits per heavy atom. The molecule has 1 aromatic heterocycles. The molecule has 1 amide bonds. The van der Waals surface area contributed by atoms with Gasteiger partial charge in [0, 0.05) is 31.1 Å². The molecule has 7 heteroatoms. The minimum absolute atomic E-state index is 0.0486. The van der Waals surface area contributed by atoms with Gasteiger partial charge in [0.05, 0.1) is 11.9 Å². The van der Waals surface area contributed by atoms with Crippen molar-refractivity contribution in [1.82, 2.24) is 10.2 Å². The predicted octanol–water partition coefficient (Wildman–Crippen LogP) is 4.60. The lowest BCUT2D eigenvalue weighted by Gasteiger charge is -2.61. The van der Waals surface area contributed by atoms with E-state index < -0.39 is 5.60 Å². The fourth-order valence-corrected chi connectivity index (χ4v) is 9.09. The standard InChI is InChI=1S/C30H42N2O5/c1-28-11-8-22(37-27(34)32-16-3-14-31-15-17-32)18-21(28)5-6-25-24(28)9-12-29(2)23(10-13-30(25,29)35)20-4-7-26(33)36-19-20/h4,7,18-19,22-25,31,35H,3,5-6,8-17H2,1-2H3/t22-,23+,24-,25+,28-,29+,30-/m0/s1. The molecule has 2 heterocycles. The summed E-state index contributed by atoms with van der Waals surface area (Å²) in [4.78, 5) is 26.2. The third kappa shape index (κ3) is 3.99. The number of hydrogen-bond donors (Lipinski definition) is 2. The highest BCUT2D eigenvalue weighted by Crippen LogP contribution is 2.70. The van der Waals surface area contributed by atoms with Crippen molar-refractivity contribution >= 4 is 6.09 Å². The SMILES string of the molecule is C[C@]12CC[C@H](OC(=O)N3CCCNCC3)C=C1CC[C@@H]1[C@@H]2CC[C@]2(C)[C@@H](c3ccc(=O)oc3)CC[C@]12O. The van der Waals surface area contributed by atoms with Crippen molar-refractivity contribution in [3.63, 3.8) is 0 Å². The number of allylic oxidation sites excluding steroid dienone is 1. The summed E-state index contributed by atoms with van der Waals surface area (Å²) in [6.07, 6.45) is 12.1. The normalized spacial score (nSPS) is 41.6. The molecule has 7 atom stereocenters. The molecular formula is C30H42N2O5. The number of rotatable bonds is 2. The Morgan fingerprint density at radius 1 is 1.08 bits per heavy atom. The van der Waals surface area contributed by atoms with Crippen LogP contribution >= 0.6 is 0 Å². The molecule has 4 aliphatic carbocycles. The first-order valence-corrected chi connectivity index (χ1v) is 14.4. The van der Waals surface area contributed by atoms with Crippen molar-refractivity contribution in [2.24, 2.45) is 22.7 Å². The molecule has 37 heavy (non-hydrogen) atoms. The van der Waals surface area contributed by atoms with Crippen LogP contribution in [0.2, 0.25) is 0 Å². The first-order chi connectivity index (χ1) is 17.7. The Morgan fingerprint density at radius 3 is 2.76 bits per heavy atom. The van der Waals surface area contributed by atoms with Gasteiger partial charge in [0.15, 0.2) is 0 Å². The van der Waals surface area contributed by atoms with E-state index in [1.54, 1.807) is 6.26 Å². The van der Waals surface area contributed by atoms with E-state index in [1.807, 2.05) is 11.0 Å². The molecule has 0 unspecified atom stereocenters. The van der Waals surface area contributed by atoms with E-state index in [9.17, 15) is 14.7 Å². The van der Waals surface area contributed by atoms with Crippen LogP contribution in [0.5, 0.6) is 0 Å². The average molecular weight is 511 g/mol. The Labute approximate surface area is 219 Å². The van der Waals surface area contributed by atoms with Crippen molar-refractivity contribution in [2.45, 2.75) is 89.3 Å². The quantitative estimate of drug-likeness (QED) is 0.565. The van der Waals surface area contributed by atoms with Gasteiger partial charge in [-0.05, 0) is 105 Å². The predicted molar refractivity (Wildman–Crippen MR) is 140 cm³/mol. The number of nitrogens with zero attached hydrogens (tertiary/aromatic N) is 1. The minimum Gasteiger partial charge on any atom is -0.442 e. The summed E-state index contributed by atoms with van der Waals surface area (Å²) >= 11 is 0. The highest BCUT2D eigenvalue weighted by Gasteiger charge is 2.66. The fourth-order valence-electron chi connectivity index (χ4n) is 9.09. The van der Waals surface area contributed by atoms with Crippen LogP contribution in [-0.2, 0) is 4.74 Å². The minimum atomic E-state index is -0.713. The summed E-state index contributed by atoms with van der Waals surface area (Å²) in [7, 11) is 0. The summed E-state index contributed by atoms with van der Waals surface area (Å²) in [5, 5.41) is 15.7. The van der Waals surface area contributed by atoms with Crippen LogP contribution in [0.3, 0.4) is 0 Å². The highest BCUT2D eigenvalue weighted by molar-refractivity contribution is 5.68. The van der Waals surface area contributed by atoms with E-state index in [4.69, 9.17) is 9.15 Å². The third-order valence-electron chi connectivity index (χ3n) is 11.2. The third-order valence-corrected chi connectivity index (χ3v) is 11.2. The second-order valence-electron chi connectivity index (χ2n) is 12.8. The molecule has 0 bridgehead atoms. The van der Waals surface area contributed by atoms with Gasteiger partial charge in [-0.1, -0.05) is 19.4 Å². The van der Waals surface area contributed by atoms with Gasteiger partial charge in [-0.3, -0.25) is 0 Å². The molecule has 4 fully saturated rings. The zero-order valence-electron chi connectivity index (χ0n) is 22.3. The van der Waals surface area contributed by atoms with Gasteiger partial charge in [-0.25, -0.2) is 9.59 Å². The Bertz CT molecular complexity index is 1100. The number of carbonyl (C=O) groups excluding carboxylic acids is 1. The first kappa shape index (κ1) is 25.2. The van der Waals surface area contributed by atoms with E-state index in [2.05, 4.69) is 25.2 Å². The van der Waals surface area contributed by atoms with Crippen molar-refractivity contribution in [3.8, 4) is 0 Å². The molecule has 1 aliphatic heterocycles. The van der Waals surface area contributed by atoms with Crippen LogP contribution in [0.4, 0.5) is 4.79 Å². The molecule has 1 aromatic rings. The number of fused-ring (bicyclic) bond motifs is 5. The lowest BCUT2D eigenvalue weighted by atomic mass is 9.45. The lowest BCUT2D eigenvalue weighted by Crippen LogP contribution is -2.60. The zero-order chi connectivity index (χ0) is 25.8. The van der Waals surface area contributed by atoms with Gasteiger partial charge in [0.2, 0.25) is 0 Å². The fraction of sp³-hybridized carbons (Fsp3) is 0.733. The molecule has 0 radical (unpaired) electrons. The number of aliphatic hydroxyl groups is 1. The molecule has 5 aliphatic rings. The summed E-state index contributed by atoms with van der Waals surface area (Å²) in [6, 6.07) is 3.41. The maximum absolute atomic E-state index is 12.8. The van der Waals surface area contributed by atoms with Gasteiger partial charge in [0.1, 0.15) is 6.10 Å². The molecular weight excluding hydrogens is 468 g/mol. The maximum atomic E-state index is 12.8. The molecule has 0 spiro atoms. The average Bonchev–Trinajstić information content (AvgIpc) is 3.04. The van der Waals surface area contributed by atoms with E-state index in [1.165, 1.54) is 11.6 Å². The Kier molecular flexibility index (Phi) is 6.30. The molecule has 0 aromatic carbocycles. The topological polar surface area (TPSA) is 92.0 Å². The number of amides is 1. The van der Waals surface area contributed by atoms with Gasteiger partial charge in [-0.15, -0.1) is 0 Å². The highest BCUT2D eigenvalue weighted by atomic mass is 16.6. The number of nitrogens with one attached hydrogen (secondary N) is 1. The smallest absolute Gasteiger partial charge is 0.410 e. The number of ether oxygens (including phenoxy) is 1. The van der Waals surface area contributed by atoms with Gasteiger partial charge < -0.3 is 24.5 Å². The molecule has 202 valence electrons. The van der Waals surface area contributed by atoms with Crippen LogP contribution in [0.1, 0.15) is 83.1 Å². The molecule has 3 saturated carbocycles. The number of hydrogen-bond acceptors (Lipinski definition) is 6. The summed E-state index contributed by atoms with van der Waals surface area (Å²) in [5.41, 5.74) is 1.27. The number of carbonyl (C=O) groups is 1. The molecule has 6 rings (SSSR count). The molecule has 2 N–H and O–H groups in total. The van der Waals surface area contributed by atoms with E-state index in [-0.39, 0.29) is 40.5 Å². The second kappa shape index (κ2) is 9.26. The van der Waals surface area contributed by atoms with Crippen molar-refractivity contribution in [2.75, 3.05) is 26.2 Å². The zero-order valence-corrected chi connectivity index (χ0v) is 22.3. The molecule has 7 nitrogen and oxygen atoms in total. The monoisotopic (exact) mass is 510 g/mol. The van der Waals surface area contributed by atoms with Gasteiger partial charge >= 0.3 is 11.7 Å². The van der Waals surface area contributed by atoms with Crippen LogP contribution in [0.25, 0.3) is 0 Å². The van der Waals surface area contributed by atoms with Crippen LogP contribution in [0.15, 0.2) is 39.3 Å². The van der Waals surface area contributed by atoms with E-state index in [0.717, 1.165) is 83.0 Å². The van der Waals surface area contributed by atoms with Crippen LogP contribution < -0.4 is 10.9 Å². The van der Waals surface area contributed by atoms with Crippen molar-refractivity contribution < 1.29 is 19.1 Å². The Balaban J connectivity index is 1.20. The summed E-state index contributed by atoms with van der Waals surface area (Å²) in [6.45, 7) is 7.91.